The van der Waals surface area contributed by atoms with E-state index in [0.29, 0.717) is 0 Å². The maximum Gasteiger partial charge on any atom is 1.00 e. The maximum absolute atomic E-state index is 10.2. The summed E-state index contributed by atoms with van der Waals surface area (Å²) in [5.41, 5.74) is 0. The van der Waals surface area contributed by atoms with E-state index in [9.17, 15) is 18.0 Å². The normalized spacial score (nSPS) is 11.7. The number of rotatable bonds is 19. The van der Waals surface area contributed by atoms with Gasteiger partial charge in [0.15, 0.2) is 5.25 Å². The molecule has 0 amide bonds. The molecule has 0 bridgehead atoms. The summed E-state index contributed by atoms with van der Waals surface area (Å²) in [6.45, 7) is 7.23. The van der Waals surface area contributed by atoms with Gasteiger partial charge < -0.3 is 14.9 Å². The van der Waals surface area contributed by atoms with Crippen LogP contribution in [0.1, 0.15) is 104 Å². The zero-order valence-corrected chi connectivity index (χ0v) is 22.4. The second kappa shape index (κ2) is 24.5. The van der Waals surface area contributed by atoms with E-state index < -0.39 is 33.7 Å². The van der Waals surface area contributed by atoms with Gasteiger partial charge in [0, 0.05) is 6.61 Å². The third-order valence-electron chi connectivity index (χ3n) is 4.40. The van der Waals surface area contributed by atoms with Crippen LogP contribution in [-0.4, -0.2) is 47.0 Å². The van der Waals surface area contributed by atoms with Crippen molar-refractivity contribution in [2.24, 2.45) is 0 Å². The molecule has 0 heterocycles. The molecule has 0 rings (SSSR count). The van der Waals surface area contributed by atoms with Crippen LogP contribution in [0.2, 0.25) is 0 Å². The fraction of sp³-hybridized carbons (Fsp3) is 0.857. The second-order valence-corrected chi connectivity index (χ2v) is 8.87. The number of aliphatic carboxylic acids is 2. The molecule has 0 fully saturated rings. The van der Waals surface area contributed by atoms with Crippen molar-refractivity contribution in [2.45, 2.75) is 109 Å². The van der Waals surface area contributed by atoms with E-state index in [1.165, 1.54) is 77.0 Å². The summed E-state index contributed by atoms with van der Waals surface area (Å²) in [5, 5.41) is 13.9. The Morgan fingerprint density at radius 3 is 1.55 bits per heavy atom. The van der Waals surface area contributed by atoms with Crippen LogP contribution in [0.5, 0.6) is 0 Å². The summed E-state index contributed by atoms with van der Waals surface area (Å²) in [5.74, 6) is -3.50. The fourth-order valence-corrected chi connectivity index (χ4v) is 3.31. The van der Waals surface area contributed by atoms with Gasteiger partial charge in [0.25, 0.3) is 10.1 Å². The number of hydrogen-bond donors (Lipinski definition) is 3. The van der Waals surface area contributed by atoms with Gasteiger partial charge in [0.2, 0.25) is 0 Å². The van der Waals surface area contributed by atoms with Crippen LogP contribution in [0.15, 0.2) is 0 Å². The van der Waals surface area contributed by atoms with Crippen LogP contribution in [0.25, 0.3) is 0 Å². The van der Waals surface area contributed by atoms with Crippen molar-refractivity contribution < 1.29 is 67.1 Å². The minimum absolute atomic E-state index is 0. The van der Waals surface area contributed by atoms with Crippen LogP contribution in [0.3, 0.4) is 0 Å². The third kappa shape index (κ3) is 27.8. The van der Waals surface area contributed by atoms with E-state index >= 15 is 0 Å². The monoisotopic (exact) mass is 476 g/mol. The predicted molar refractivity (Wildman–Crippen MR) is 117 cm³/mol. The first-order chi connectivity index (χ1) is 14.2. The zero-order valence-electron chi connectivity index (χ0n) is 19.6. The molecule has 0 saturated heterocycles. The summed E-state index contributed by atoms with van der Waals surface area (Å²) in [4.78, 5) is 20.0. The number of carbonyl (C=O) groups is 2. The van der Waals surface area contributed by atoms with Crippen molar-refractivity contribution in [1.82, 2.24) is 0 Å². The average Bonchev–Trinajstić information content (AvgIpc) is 2.66. The molecule has 0 aromatic rings. The Balaban J connectivity index is -0.000000528. The van der Waals surface area contributed by atoms with Gasteiger partial charge in [0.05, 0.1) is 6.42 Å². The predicted octanol–water partition coefficient (Wildman–Crippen LogP) is 2.08. The van der Waals surface area contributed by atoms with E-state index in [1.54, 1.807) is 0 Å². The van der Waals surface area contributed by atoms with E-state index in [2.05, 4.69) is 13.8 Å². The molecule has 0 spiro atoms. The molecule has 0 aliphatic carbocycles. The Morgan fingerprint density at radius 1 is 0.839 bits per heavy atom. The summed E-state index contributed by atoms with van der Waals surface area (Å²) in [6.07, 6.45) is 16.8. The van der Waals surface area contributed by atoms with Gasteiger partial charge >= 0.3 is 41.5 Å². The Hall–Kier alpha value is -0.190. The van der Waals surface area contributed by atoms with Crippen LogP contribution in [0, 0.1) is 6.61 Å². The number of carboxylic acid groups (broad SMARTS) is 2. The van der Waals surface area contributed by atoms with Crippen molar-refractivity contribution in [3.05, 3.63) is 6.61 Å². The first-order valence-electron chi connectivity index (χ1n) is 11.0. The Bertz CT molecular complexity index is 509. The smallest absolute Gasteiger partial charge is 0.552 e. The summed E-state index contributed by atoms with van der Waals surface area (Å²) >= 11 is 0. The quantitative estimate of drug-likeness (QED) is 0.111. The number of ether oxygens (including phenoxy) is 1. The number of carboxylic acids is 2. The largest absolute Gasteiger partial charge is 1.00 e. The molecule has 10 heteroatoms. The van der Waals surface area contributed by atoms with Crippen molar-refractivity contribution in [2.75, 3.05) is 6.61 Å². The maximum atomic E-state index is 10.2. The summed E-state index contributed by atoms with van der Waals surface area (Å²) < 4.78 is 34.0. The summed E-state index contributed by atoms with van der Waals surface area (Å²) in [7, 11) is -4.84. The molecule has 31 heavy (non-hydrogen) atoms. The van der Waals surface area contributed by atoms with Crippen LogP contribution >= 0.6 is 0 Å². The molecule has 0 aromatic carbocycles. The van der Waals surface area contributed by atoms with Gasteiger partial charge in [-0.25, -0.2) is 6.61 Å². The molecule has 1 unspecified atom stereocenters. The standard InChI is InChI=1S/C17H35O.C4H6O7S.Na/c1-3-5-6-7-8-9-10-11-12-13-14-15-17-18-16-4-2;5-3(6)1-2(4(7)8)12(9,10)11;/h16H,3-15,17H2,1-2H3;2H,1H2,(H,5,6)(H,7,8)(H,9,10,11);/q-1;;+1. The third-order valence-corrected chi connectivity index (χ3v) is 5.48. The minimum atomic E-state index is -4.84. The van der Waals surface area contributed by atoms with Gasteiger partial charge in [-0.15, -0.1) is 0 Å². The topological polar surface area (TPSA) is 138 Å². The first-order valence-corrected chi connectivity index (χ1v) is 12.5. The molecule has 0 aliphatic heterocycles. The number of hydrogen-bond acceptors (Lipinski definition) is 5. The van der Waals surface area contributed by atoms with Gasteiger partial charge in [0.1, 0.15) is 0 Å². The molecule has 180 valence electrons. The molecule has 3 N–H and O–H groups in total. The van der Waals surface area contributed by atoms with E-state index in [-0.39, 0.29) is 29.6 Å². The van der Waals surface area contributed by atoms with E-state index in [1.807, 2.05) is 6.61 Å². The average molecular weight is 477 g/mol. The van der Waals surface area contributed by atoms with Crippen molar-refractivity contribution >= 4 is 22.1 Å². The molecule has 0 radical (unpaired) electrons. The van der Waals surface area contributed by atoms with Gasteiger partial charge in [-0.3, -0.25) is 14.1 Å². The molecule has 1 atom stereocenters. The molecular formula is C21H41NaO8S. The fourth-order valence-electron chi connectivity index (χ4n) is 2.71. The Morgan fingerprint density at radius 2 is 1.26 bits per heavy atom. The van der Waals surface area contributed by atoms with Gasteiger partial charge in [-0.2, -0.15) is 14.8 Å². The number of unbranched alkanes of at least 4 members (excludes halogenated alkanes) is 11. The molecule has 0 aliphatic rings. The first kappa shape index (κ1) is 35.4. The van der Waals surface area contributed by atoms with Crippen molar-refractivity contribution in [1.29, 1.82) is 0 Å². The van der Waals surface area contributed by atoms with Crippen LogP contribution in [-0.2, 0) is 24.4 Å². The molecule has 8 nitrogen and oxygen atoms in total. The Kier molecular flexibility index (Phi) is 27.9. The second-order valence-electron chi connectivity index (χ2n) is 7.27. The van der Waals surface area contributed by atoms with Crippen LogP contribution < -0.4 is 29.6 Å². The van der Waals surface area contributed by atoms with Gasteiger partial charge in [-0.1, -0.05) is 84.5 Å². The Labute approximate surface area is 210 Å². The zero-order chi connectivity index (χ0) is 23.3. The van der Waals surface area contributed by atoms with Crippen molar-refractivity contribution in [3.8, 4) is 0 Å². The SMILES string of the molecule is CC[CH-]OCCCCCCCCCCCCCC.O=C(O)CC(C(=O)O)S(=O)(=O)O.[Na+]. The minimum Gasteiger partial charge on any atom is -0.552 e. The van der Waals surface area contributed by atoms with Crippen LogP contribution in [0.4, 0.5) is 0 Å². The molecule has 0 saturated carbocycles. The van der Waals surface area contributed by atoms with E-state index in [4.69, 9.17) is 19.5 Å². The van der Waals surface area contributed by atoms with Gasteiger partial charge in [-0.05, 0) is 6.42 Å². The van der Waals surface area contributed by atoms with E-state index in [0.717, 1.165) is 13.0 Å². The molecule has 0 aromatic heterocycles. The molecular weight excluding hydrogens is 435 g/mol. The summed E-state index contributed by atoms with van der Waals surface area (Å²) in [6, 6.07) is 0. The van der Waals surface area contributed by atoms with Crippen molar-refractivity contribution in [3.63, 3.8) is 0 Å².